The summed E-state index contributed by atoms with van der Waals surface area (Å²) in [6.07, 6.45) is 4.83. The van der Waals surface area contributed by atoms with Crippen molar-refractivity contribution in [3.05, 3.63) is 70.8 Å². The molecule has 1 aliphatic carbocycles. The van der Waals surface area contributed by atoms with Crippen molar-refractivity contribution in [2.75, 3.05) is 19.6 Å². The van der Waals surface area contributed by atoms with Gasteiger partial charge in [-0.25, -0.2) is 0 Å². The Balaban J connectivity index is 1.04. The molecule has 2 saturated heterocycles. The molecule has 1 amide bonds. The van der Waals surface area contributed by atoms with Gasteiger partial charge in [0.1, 0.15) is 0 Å². The molecule has 36 heavy (non-hydrogen) atoms. The number of likely N-dealkylation sites (tertiary alicyclic amines) is 1. The lowest BCUT2D eigenvalue weighted by Gasteiger charge is -2.38. The fraction of sp³-hybridized carbons (Fsp3) is 0.533. The molecule has 2 aromatic carbocycles. The largest absolute Gasteiger partial charge is 0.392 e. The number of Topliss-reactive ketones (excluding diaryl/α,β-unsaturated/α-hetero) is 1. The Labute approximate surface area is 214 Å². The van der Waals surface area contributed by atoms with Crippen LogP contribution in [0.3, 0.4) is 0 Å². The van der Waals surface area contributed by atoms with Crippen LogP contribution in [0.25, 0.3) is 0 Å². The van der Waals surface area contributed by atoms with Crippen molar-refractivity contribution >= 4 is 11.7 Å². The number of piperidine rings is 1. The molecule has 192 valence electrons. The zero-order chi connectivity index (χ0) is 25.3. The van der Waals surface area contributed by atoms with Crippen LogP contribution in [0, 0.1) is 5.41 Å². The lowest BCUT2D eigenvalue weighted by atomic mass is 9.84. The Morgan fingerprint density at radius 3 is 2.39 bits per heavy atom. The maximum absolute atomic E-state index is 12.9. The van der Waals surface area contributed by atoms with Crippen LogP contribution >= 0.6 is 0 Å². The normalized spacial score (nSPS) is 23.8. The van der Waals surface area contributed by atoms with Gasteiger partial charge >= 0.3 is 0 Å². The second kappa shape index (κ2) is 10.4. The van der Waals surface area contributed by atoms with E-state index in [2.05, 4.69) is 48.7 Å². The molecule has 3 unspecified atom stereocenters. The molecule has 0 saturated carbocycles. The zero-order valence-electron chi connectivity index (χ0n) is 21.5. The molecular formula is C30H39N3O3. The van der Waals surface area contributed by atoms with Crippen LogP contribution in [0.1, 0.15) is 71.4 Å². The van der Waals surface area contributed by atoms with E-state index in [1.165, 1.54) is 11.1 Å². The first-order valence-electron chi connectivity index (χ1n) is 13.4. The molecule has 6 heteroatoms. The van der Waals surface area contributed by atoms with Crippen molar-refractivity contribution in [1.82, 2.24) is 15.5 Å². The summed E-state index contributed by atoms with van der Waals surface area (Å²) in [7, 11) is 0. The summed E-state index contributed by atoms with van der Waals surface area (Å²) in [4.78, 5) is 27.6. The molecule has 2 aromatic rings. The molecule has 3 aliphatic rings. The average molecular weight is 490 g/mol. The molecule has 3 atom stereocenters. The first kappa shape index (κ1) is 25.1. The number of hydrogen-bond acceptors (Lipinski definition) is 5. The van der Waals surface area contributed by atoms with Crippen molar-refractivity contribution in [3.63, 3.8) is 0 Å². The van der Waals surface area contributed by atoms with Crippen LogP contribution < -0.4 is 10.6 Å². The zero-order valence-corrected chi connectivity index (χ0v) is 21.5. The van der Waals surface area contributed by atoms with Crippen molar-refractivity contribution < 1.29 is 14.7 Å². The molecular weight excluding hydrogens is 450 g/mol. The minimum atomic E-state index is -0.434. The number of benzene rings is 2. The van der Waals surface area contributed by atoms with Crippen LogP contribution in [-0.2, 0) is 12.8 Å². The summed E-state index contributed by atoms with van der Waals surface area (Å²) in [5, 5.41) is 17.4. The summed E-state index contributed by atoms with van der Waals surface area (Å²) in [6.45, 7) is 6.56. The number of amides is 1. The number of carbonyl (C=O) groups excluding carboxylic acids is 2. The van der Waals surface area contributed by atoms with E-state index in [4.69, 9.17) is 0 Å². The summed E-state index contributed by atoms with van der Waals surface area (Å²) in [6, 6.07) is 16.3. The summed E-state index contributed by atoms with van der Waals surface area (Å²) in [5.41, 5.74) is 4.25. The maximum atomic E-state index is 12.9. The SMILES string of the molecule is CC1(C)CCCN(C(=O)c2ccc(C(=O)CC3NC3CC(O)CNC3Cc4ccccc4C3)cc2)C1. The maximum Gasteiger partial charge on any atom is 0.253 e. The monoisotopic (exact) mass is 489 g/mol. The fourth-order valence-electron chi connectivity index (χ4n) is 5.93. The summed E-state index contributed by atoms with van der Waals surface area (Å²) in [5.74, 6) is 0.124. The Morgan fingerprint density at radius 1 is 1.06 bits per heavy atom. The van der Waals surface area contributed by atoms with Crippen LogP contribution in [0.4, 0.5) is 0 Å². The predicted octanol–water partition coefficient (Wildman–Crippen LogP) is 3.37. The van der Waals surface area contributed by atoms with Gasteiger partial charge in [0.15, 0.2) is 5.78 Å². The molecule has 0 radical (unpaired) electrons. The lowest BCUT2D eigenvalue weighted by Crippen LogP contribution is -2.43. The Hall–Kier alpha value is -2.54. The lowest BCUT2D eigenvalue weighted by molar-refractivity contribution is 0.0583. The highest BCUT2D eigenvalue weighted by atomic mass is 16.3. The van der Waals surface area contributed by atoms with Gasteiger partial charge in [0.2, 0.25) is 0 Å². The number of aliphatic hydroxyl groups is 1. The number of ketones is 1. The molecule has 5 rings (SSSR count). The molecule has 6 nitrogen and oxygen atoms in total. The van der Waals surface area contributed by atoms with Gasteiger partial charge in [-0.3, -0.25) is 9.59 Å². The van der Waals surface area contributed by atoms with E-state index in [0.29, 0.717) is 36.6 Å². The van der Waals surface area contributed by atoms with Gasteiger partial charge < -0.3 is 20.6 Å². The average Bonchev–Trinajstić information content (AvgIpc) is 3.43. The second-order valence-corrected chi connectivity index (χ2v) is 11.8. The summed E-state index contributed by atoms with van der Waals surface area (Å²) >= 11 is 0. The molecule has 3 N–H and O–H groups in total. The van der Waals surface area contributed by atoms with Crippen LogP contribution in [0.5, 0.6) is 0 Å². The third kappa shape index (κ3) is 6.05. The van der Waals surface area contributed by atoms with Gasteiger partial charge in [-0.2, -0.15) is 0 Å². The minimum absolute atomic E-state index is 0.0507. The van der Waals surface area contributed by atoms with Crippen molar-refractivity contribution in [2.24, 2.45) is 5.41 Å². The van der Waals surface area contributed by atoms with Gasteiger partial charge in [0, 0.05) is 55.3 Å². The van der Waals surface area contributed by atoms with Crippen molar-refractivity contribution in [3.8, 4) is 0 Å². The number of rotatable bonds is 9. The van der Waals surface area contributed by atoms with Crippen molar-refractivity contribution in [1.29, 1.82) is 0 Å². The van der Waals surface area contributed by atoms with Crippen LogP contribution in [-0.4, -0.2) is 65.6 Å². The quantitative estimate of drug-likeness (QED) is 0.371. The number of nitrogens with one attached hydrogen (secondary N) is 2. The predicted molar refractivity (Wildman–Crippen MR) is 141 cm³/mol. The third-order valence-electron chi connectivity index (χ3n) is 8.07. The van der Waals surface area contributed by atoms with E-state index in [1.54, 1.807) is 24.3 Å². The van der Waals surface area contributed by atoms with Gasteiger partial charge in [0.25, 0.3) is 5.91 Å². The Kier molecular flexibility index (Phi) is 7.29. The van der Waals surface area contributed by atoms with E-state index in [0.717, 1.165) is 38.8 Å². The highest BCUT2D eigenvalue weighted by Gasteiger charge is 2.39. The second-order valence-electron chi connectivity index (χ2n) is 11.8. The van der Waals surface area contributed by atoms with Crippen LogP contribution in [0.15, 0.2) is 48.5 Å². The first-order valence-corrected chi connectivity index (χ1v) is 13.4. The number of hydrogen-bond donors (Lipinski definition) is 3. The van der Waals surface area contributed by atoms with E-state index in [9.17, 15) is 14.7 Å². The number of nitrogens with zero attached hydrogens (tertiary/aromatic N) is 1. The van der Waals surface area contributed by atoms with E-state index in [-0.39, 0.29) is 29.2 Å². The molecule has 2 heterocycles. The fourth-order valence-corrected chi connectivity index (χ4v) is 5.93. The topological polar surface area (TPSA) is 91.6 Å². The molecule has 0 spiro atoms. The van der Waals surface area contributed by atoms with Gasteiger partial charge in [-0.15, -0.1) is 0 Å². The van der Waals surface area contributed by atoms with Gasteiger partial charge in [0.05, 0.1) is 6.10 Å². The minimum Gasteiger partial charge on any atom is -0.392 e. The van der Waals surface area contributed by atoms with E-state index < -0.39 is 6.10 Å². The Bertz CT molecular complexity index is 1070. The molecule has 2 fully saturated rings. The third-order valence-corrected chi connectivity index (χ3v) is 8.07. The Morgan fingerprint density at radius 2 is 1.72 bits per heavy atom. The number of fused-ring (bicyclic) bond motifs is 1. The van der Waals surface area contributed by atoms with E-state index in [1.807, 2.05) is 4.90 Å². The first-order chi connectivity index (χ1) is 17.3. The molecule has 0 bridgehead atoms. The highest BCUT2D eigenvalue weighted by Crippen LogP contribution is 2.29. The highest BCUT2D eigenvalue weighted by molar-refractivity contribution is 5.99. The van der Waals surface area contributed by atoms with Gasteiger partial charge in [-0.05, 0) is 60.8 Å². The van der Waals surface area contributed by atoms with Gasteiger partial charge in [-0.1, -0.05) is 50.2 Å². The number of aliphatic hydroxyl groups excluding tert-OH is 1. The smallest absolute Gasteiger partial charge is 0.253 e. The molecule has 2 aliphatic heterocycles. The van der Waals surface area contributed by atoms with Crippen LogP contribution in [0.2, 0.25) is 0 Å². The van der Waals surface area contributed by atoms with E-state index >= 15 is 0 Å². The summed E-state index contributed by atoms with van der Waals surface area (Å²) < 4.78 is 0. The van der Waals surface area contributed by atoms with Crippen molar-refractivity contribution in [2.45, 2.75) is 76.6 Å². The number of carbonyl (C=O) groups is 2. The molecule has 0 aromatic heterocycles. The standard InChI is InChI=1S/C30H39N3O3/c1-30(2)12-5-13-33(19-30)29(36)21-10-8-20(9-11-21)28(35)17-27-26(32-27)16-25(34)18-31-24-14-22-6-3-4-7-23(22)15-24/h3-4,6-11,24-27,31-32,34H,5,12-19H2,1-2H3.